The van der Waals surface area contributed by atoms with Crippen molar-refractivity contribution in [3.63, 3.8) is 0 Å². The van der Waals surface area contributed by atoms with Gasteiger partial charge in [0.25, 0.3) is 0 Å². The lowest BCUT2D eigenvalue weighted by Crippen LogP contribution is -2.50. The number of ketones is 3. The minimum atomic E-state index is -2.36. The number of carbonyl (C=O) groups is 7. The van der Waals surface area contributed by atoms with Crippen molar-refractivity contribution in [1.29, 1.82) is 0 Å². The van der Waals surface area contributed by atoms with Crippen LogP contribution in [-0.4, -0.2) is 115 Å². The molecule has 2 unspecified atom stereocenters. The second-order valence-electron chi connectivity index (χ2n) is 11.4. The monoisotopic (exact) mass is 703 g/mol. The van der Waals surface area contributed by atoms with E-state index < -0.39 is 125 Å². The smallest absolute Gasteiger partial charge is 0.322 e. The maximum Gasteiger partial charge on any atom is 0.322 e. The first kappa shape index (κ1) is 36.8. The van der Waals surface area contributed by atoms with Gasteiger partial charge in [-0.2, -0.15) is 11.8 Å². The number of nitrogens with one attached hydrogen (secondary N) is 2. The fraction of sp³-hybridized carbons (Fsp3) is 0.387. The van der Waals surface area contributed by atoms with Gasteiger partial charge in [0.2, 0.25) is 17.6 Å². The molecule has 4 rings (SSSR count). The number of phenols is 2. The number of amides is 2. The number of aliphatic hydroxyl groups is 2. The number of hydrogen-bond donors (Lipinski definition) is 9. The molecule has 0 radical (unpaired) electrons. The summed E-state index contributed by atoms with van der Waals surface area (Å²) in [7, 11) is 1.26. The van der Waals surface area contributed by atoms with Gasteiger partial charge in [-0.15, -0.1) is 0 Å². The van der Waals surface area contributed by atoms with Crippen LogP contribution in [0.25, 0.3) is 0 Å². The van der Waals surface area contributed by atoms with E-state index in [1.807, 2.05) is 0 Å². The SMILES string of the molecule is COc1cccc2c1C(=O)c1c(O)c3c(c(O)c1C2=O)C[C@@](O)(C(=O)CO)CC3SC[C@H](NC(=O)CCC(N)C(=O)O)C(=O)NCC(=O)O. The number of methoxy groups -OCH3 is 1. The number of carboxylic acids is 2. The lowest BCUT2D eigenvalue weighted by Gasteiger charge is -2.39. The first-order valence-corrected chi connectivity index (χ1v) is 15.7. The number of carbonyl (C=O) groups excluding carboxylic acids is 5. The highest BCUT2D eigenvalue weighted by atomic mass is 32.2. The Morgan fingerprint density at radius 1 is 1.06 bits per heavy atom. The predicted octanol–water partition coefficient (Wildman–Crippen LogP) is -1.23. The van der Waals surface area contributed by atoms with Gasteiger partial charge in [-0.25, -0.2) is 0 Å². The maximum atomic E-state index is 13.8. The van der Waals surface area contributed by atoms with E-state index in [1.54, 1.807) is 0 Å². The Morgan fingerprint density at radius 3 is 2.35 bits per heavy atom. The van der Waals surface area contributed by atoms with Crippen molar-refractivity contribution >= 4 is 52.9 Å². The standard InChI is InChI=1S/C31H33N3O14S/c1-48-16-4-2-3-12-21(16)27(42)24-23(25(12)40)26(41)13-7-31(47,18(36)10-35)8-17(22(13)28(24)43)49-11-15(29(44)33-9-20(38)39)34-19(37)6-5-14(32)30(45)46/h2-4,14-15,17,35,41,43,47H,5-11,32H2,1H3,(H,33,44)(H,34,37)(H,38,39)(H,45,46)/t14?,15-,17?,31-/m0/s1. The first-order valence-electron chi connectivity index (χ1n) is 14.7. The van der Waals surface area contributed by atoms with E-state index in [1.165, 1.54) is 25.3 Å². The molecule has 0 saturated heterocycles. The fourth-order valence-corrected chi connectivity index (χ4v) is 7.25. The molecule has 49 heavy (non-hydrogen) atoms. The molecular formula is C31H33N3O14S. The fourth-order valence-electron chi connectivity index (χ4n) is 5.78. The van der Waals surface area contributed by atoms with Gasteiger partial charge >= 0.3 is 11.9 Å². The number of aliphatic carboxylic acids is 2. The Morgan fingerprint density at radius 2 is 1.73 bits per heavy atom. The summed E-state index contributed by atoms with van der Waals surface area (Å²) in [5.41, 5.74) is 1.17. The van der Waals surface area contributed by atoms with E-state index in [0.29, 0.717) is 0 Å². The number of benzene rings is 2. The number of thioether (sulfide) groups is 1. The molecule has 10 N–H and O–H groups in total. The Labute approximate surface area is 281 Å². The third-order valence-electron chi connectivity index (χ3n) is 8.27. The van der Waals surface area contributed by atoms with Crippen molar-refractivity contribution in [3.8, 4) is 17.2 Å². The van der Waals surface area contributed by atoms with Crippen LogP contribution in [0.4, 0.5) is 0 Å². The number of carboxylic acid groups (broad SMARTS) is 2. The normalized spacial score (nSPS) is 19.1. The van der Waals surface area contributed by atoms with Crippen LogP contribution in [-0.2, 0) is 30.4 Å². The van der Waals surface area contributed by atoms with Crippen LogP contribution in [0.1, 0.15) is 67.5 Å². The lowest BCUT2D eigenvalue weighted by molar-refractivity contribution is -0.141. The average Bonchev–Trinajstić information content (AvgIpc) is 3.06. The van der Waals surface area contributed by atoms with Crippen molar-refractivity contribution in [3.05, 3.63) is 51.6 Å². The van der Waals surface area contributed by atoms with Gasteiger partial charge in [-0.3, -0.25) is 33.6 Å². The highest BCUT2D eigenvalue weighted by Gasteiger charge is 2.49. The zero-order valence-electron chi connectivity index (χ0n) is 25.8. The molecule has 2 aliphatic rings. The van der Waals surface area contributed by atoms with Gasteiger partial charge in [0.15, 0.2) is 11.6 Å². The van der Waals surface area contributed by atoms with Crippen LogP contribution >= 0.6 is 11.8 Å². The number of hydrogen-bond acceptors (Lipinski definition) is 14. The van der Waals surface area contributed by atoms with Crippen molar-refractivity contribution in [2.75, 3.05) is 26.0 Å². The predicted molar refractivity (Wildman–Crippen MR) is 168 cm³/mol. The summed E-state index contributed by atoms with van der Waals surface area (Å²) in [4.78, 5) is 87.9. The molecule has 0 spiro atoms. The van der Waals surface area contributed by atoms with Crippen LogP contribution in [0.15, 0.2) is 18.2 Å². The molecule has 0 bridgehead atoms. The Balaban J connectivity index is 1.77. The number of nitrogens with two attached hydrogens (primary N) is 1. The molecule has 18 heteroatoms. The molecule has 0 saturated carbocycles. The molecule has 2 aromatic rings. The summed E-state index contributed by atoms with van der Waals surface area (Å²) in [6.45, 7) is -1.96. The molecule has 4 atom stereocenters. The maximum absolute atomic E-state index is 13.8. The van der Waals surface area contributed by atoms with Crippen LogP contribution in [0.5, 0.6) is 17.2 Å². The summed E-state index contributed by atoms with van der Waals surface area (Å²) in [6.07, 6.45) is -1.95. The molecule has 2 amide bonds. The van der Waals surface area contributed by atoms with Crippen LogP contribution < -0.4 is 21.1 Å². The summed E-state index contributed by atoms with van der Waals surface area (Å²) in [6, 6.07) is 1.29. The number of ether oxygens (including phenoxy) is 1. The van der Waals surface area contributed by atoms with E-state index in [4.69, 9.17) is 20.7 Å². The van der Waals surface area contributed by atoms with Gasteiger partial charge in [0.1, 0.15) is 48.1 Å². The summed E-state index contributed by atoms with van der Waals surface area (Å²) < 4.78 is 5.25. The van der Waals surface area contributed by atoms with Crippen molar-refractivity contribution < 1.29 is 68.9 Å². The van der Waals surface area contributed by atoms with Crippen molar-refractivity contribution in [2.45, 2.75) is 48.6 Å². The topological polar surface area (TPSA) is 300 Å². The van der Waals surface area contributed by atoms with E-state index in [9.17, 15) is 54.0 Å². The van der Waals surface area contributed by atoms with Gasteiger partial charge in [-0.1, -0.05) is 12.1 Å². The minimum Gasteiger partial charge on any atom is -0.507 e. The summed E-state index contributed by atoms with van der Waals surface area (Å²) in [5.74, 6) is -9.34. The van der Waals surface area contributed by atoms with Gasteiger partial charge in [-0.05, 0) is 18.9 Å². The molecule has 262 valence electrons. The van der Waals surface area contributed by atoms with E-state index in [2.05, 4.69) is 10.6 Å². The van der Waals surface area contributed by atoms with Crippen LogP contribution in [0, 0.1) is 0 Å². The second-order valence-corrected chi connectivity index (χ2v) is 12.6. The number of rotatable bonds is 14. The molecule has 17 nitrogen and oxygen atoms in total. The molecule has 0 fully saturated rings. The zero-order valence-corrected chi connectivity index (χ0v) is 26.7. The van der Waals surface area contributed by atoms with E-state index >= 15 is 0 Å². The van der Waals surface area contributed by atoms with Crippen LogP contribution in [0.3, 0.4) is 0 Å². The summed E-state index contributed by atoms with van der Waals surface area (Å²) >= 11 is 0.753. The minimum absolute atomic E-state index is 0.0159. The van der Waals surface area contributed by atoms with Crippen molar-refractivity contribution in [1.82, 2.24) is 10.6 Å². The highest BCUT2D eigenvalue weighted by molar-refractivity contribution is 7.99. The molecular weight excluding hydrogens is 670 g/mol. The molecule has 0 heterocycles. The molecule has 2 aromatic carbocycles. The third kappa shape index (κ3) is 7.21. The average molecular weight is 704 g/mol. The number of Topliss-reactive ketones (excluding diaryl/α,β-unsaturated/α-hetero) is 1. The third-order valence-corrected chi connectivity index (χ3v) is 9.60. The molecule has 0 aliphatic heterocycles. The Kier molecular flexibility index (Phi) is 11.0. The molecule has 2 aliphatic carbocycles. The number of aliphatic hydroxyl groups excluding tert-OH is 1. The van der Waals surface area contributed by atoms with Crippen LogP contribution in [0.2, 0.25) is 0 Å². The quantitative estimate of drug-likeness (QED) is 0.0888. The van der Waals surface area contributed by atoms with Crippen molar-refractivity contribution in [2.24, 2.45) is 5.73 Å². The number of phenolic OH excluding ortho intramolecular Hbond substituents is 2. The first-order chi connectivity index (χ1) is 23.1. The number of fused-ring (bicyclic) bond motifs is 3. The second kappa shape index (κ2) is 14.6. The van der Waals surface area contributed by atoms with E-state index in [0.717, 1.165) is 11.8 Å². The Bertz CT molecular complexity index is 1760. The lowest BCUT2D eigenvalue weighted by atomic mass is 9.73. The summed E-state index contributed by atoms with van der Waals surface area (Å²) in [5, 5.41) is 65.3. The zero-order chi connectivity index (χ0) is 36.4. The van der Waals surface area contributed by atoms with Gasteiger partial charge in [0, 0.05) is 40.5 Å². The largest absolute Gasteiger partial charge is 0.507 e. The van der Waals surface area contributed by atoms with Gasteiger partial charge in [0.05, 0.1) is 23.8 Å². The molecule has 0 aromatic heterocycles. The van der Waals surface area contributed by atoms with Gasteiger partial charge < -0.3 is 51.7 Å². The van der Waals surface area contributed by atoms with E-state index in [-0.39, 0.29) is 34.4 Å². The highest BCUT2D eigenvalue weighted by Crippen LogP contribution is 2.54. The Hall–Kier alpha value is -5.04. The number of aromatic hydroxyl groups is 2.